The molecule has 32 heavy (non-hydrogen) atoms. The fourth-order valence-electron chi connectivity index (χ4n) is 3.65. The third-order valence-electron chi connectivity index (χ3n) is 5.36. The van der Waals surface area contributed by atoms with Crippen molar-refractivity contribution < 1.29 is 42.4 Å². The number of aliphatic hydroxyl groups is 2. The lowest BCUT2D eigenvalue weighted by Crippen LogP contribution is -2.46. The maximum atomic E-state index is 13.0. The molecule has 172 valence electrons. The molecule has 0 radical (unpaired) electrons. The van der Waals surface area contributed by atoms with Gasteiger partial charge in [-0.2, -0.15) is 4.57 Å². The minimum absolute atomic E-state index is 0.147. The van der Waals surface area contributed by atoms with Crippen molar-refractivity contribution in [1.82, 2.24) is 0 Å². The van der Waals surface area contributed by atoms with Gasteiger partial charge in [-0.25, -0.2) is 4.57 Å². The molecule has 6 atom stereocenters. The van der Waals surface area contributed by atoms with Gasteiger partial charge in [0.25, 0.3) is 6.23 Å². The number of ether oxygens (including phenoxy) is 1. The van der Waals surface area contributed by atoms with Crippen LogP contribution in [0.4, 0.5) is 0 Å². The van der Waals surface area contributed by atoms with E-state index in [1.807, 2.05) is 6.07 Å². The van der Waals surface area contributed by atoms with Crippen LogP contribution in [0.25, 0.3) is 0 Å². The Morgan fingerprint density at radius 3 is 2.84 bits per heavy atom. The van der Waals surface area contributed by atoms with Crippen LogP contribution in [-0.4, -0.2) is 47.5 Å². The fourth-order valence-corrected chi connectivity index (χ4v) is 5.24. The number of phosphoric acid groups is 1. The van der Waals surface area contributed by atoms with Gasteiger partial charge < -0.3 is 14.9 Å². The SMILES string of the molecule is CC(=O)c1ccc[n+]([C@@H]2OC(COP3(=O)OCCC(c4cccc(Cl)c4)O3)[C@@H](O)[C@H]2O)c1. The predicted octanol–water partition coefficient (Wildman–Crippen LogP) is 2.75. The summed E-state index contributed by atoms with van der Waals surface area (Å²) in [6.07, 6.45) is -1.46. The van der Waals surface area contributed by atoms with Crippen LogP contribution in [0.2, 0.25) is 5.02 Å². The van der Waals surface area contributed by atoms with Crippen molar-refractivity contribution in [2.45, 2.75) is 44.0 Å². The van der Waals surface area contributed by atoms with E-state index in [1.165, 1.54) is 17.7 Å². The number of hydrogen-bond donors (Lipinski definition) is 2. The number of Topliss-reactive ketones (excluding diaryl/α,β-unsaturated/α-hetero) is 1. The predicted molar refractivity (Wildman–Crippen MR) is 112 cm³/mol. The number of carbonyl (C=O) groups is 1. The number of benzene rings is 1. The van der Waals surface area contributed by atoms with Crippen LogP contribution in [0.1, 0.15) is 41.6 Å². The number of hydrogen-bond acceptors (Lipinski definition) is 8. The van der Waals surface area contributed by atoms with Crippen LogP contribution in [0.15, 0.2) is 48.8 Å². The van der Waals surface area contributed by atoms with E-state index in [9.17, 15) is 19.6 Å². The first-order valence-corrected chi connectivity index (χ1v) is 12.0. The Bertz CT molecular complexity index is 1040. The molecular weight excluding hydrogens is 461 g/mol. The lowest BCUT2D eigenvalue weighted by atomic mass is 10.1. The van der Waals surface area contributed by atoms with Crippen molar-refractivity contribution in [3.05, 3.63) is 64.9 Å². The van der Waals surface area contributed by atoms with Crippen molar-refractivity contribution in [3.8, 4) is 0 Å². The van der Waals surface area contributed by atoms with Gasteiger partial charge in [0.1, 0.15) is 12.2 Å². The van der Waals surface area contributed by atoms with E-state index in [-0.39, 0.29) is 19.0 Å². The summed E-state index contributed by atoms with van der Waals surface area (Å²) in [5.41, 5.74) is 1.18. The highest BCUT2D eigenvalue weighted by Crippen LogP contribution is 2.57. The minimum Gasteiger partial charge on any atom is -0.387 e. The summed E-state index contributed by atoms with van der Waals surface area (Å²) < 4.78 is 36.5. The molecule has 0 aliphatic carbocycles. The number of aromatic nitrogens is 1. The van der Waals surface area contributed by atoms with E-state index in [0.29, 0.717) is 17.0 Å². The molecule has 2 saturated heterocycles. The maximum absolute atomic E-state index is 13.0. The highest BCUT2D eigenvalue weighted by Gasteiger charge is 2.49. The Kier molecular flexibility index (Phi) is 7.09. The van der Waals surface area contributed by atoms with Crippen molar-refractivity contribution in [2.24, 2.45) is 0 Å². The zero-order valence-corrected chi connectivity index (χ0v) is 18.9. The number of aliphatic hydroxyl groups excluding tert-OH is 2. The molecule has 0 saturated carbocycles. The molecule has 3 unspecified atom stereocenters. The standard InChI is InChI=1S/C21H24ClNO8P/c1-13(24)15-5-3-8-23(11-15)21-20(26)19(25)18(30-21)12-29-32(27)28-9-7-17(31-32)14-4-2-6-16(22)10-14/h2-6,8,10-11,17-21,25-26H,7,9,12H2,1H3/q+1/t17?,18?,19-,20-,21-,32?/m1/s1. The average molecular weight is 485 g/mol. The van der Waals surface area contributed by atoms with E-state index >= 15 is 0 Å². The van der Waals surface area contributed by atoms with Crippen LogP contribution < -0.4 is 4.57 Å². The lowest BCUT2D eigenvalue weighted by molar-refractivity contribution is -0.765. The Balaban J connectivity index is 1.41. The Labute approximate surface area is 190 Å². The van der Waals surface area contributed by atoms with E-state index < -0.39 is 38.5 Å². The van der Waals surface area contributed by atoms with Crippen LogP contribution in [-0.2, 0) is 22.9 Å². The van der Waals surface area contributed by atoms with E-state index in [0.717, 1.165) is 5.56 Å². The molecule has 11 heteroatoms. The third-order valence-corrected chi connectivity index (χ3v) is 7.07. The zero-order valence-electron chi connectivity index (χ0n) is 17.2. The van der Waals surface area contributed by atoms with Gasteiger partial charge in [-0.1, -0.05) is 23.7 Å². The van der Waals surface area contributed by atoms with Gasteiger partial charge in [0, 0.05) is 17.5 Å². The van der Waals surface area contributed by atoms with Gasteiger partial charge in [-0.05, 0) is 30.7 Å². The molecule has 1 aromatic carbocycles. The van der Waals surface area contributed by atoms with E-state index in [4.69, 9.17) is 29.9 Å². The number of halogens is 1. The molecule has 3 heterocycles. The second kappa shape index (κ2) is 9.67. The molecule has 2 aromatic rings. The summed E-state index contributed by atoms with van der Waals surface area (Å²) >= 11 is 6.03. The molecule has 2 aliphatic rings. The molecule has 2 N–H and O–H groups in total. The van der Waals surface area contributed by atoms with Crippen LogP contribution in [0.5, 0.6) is 0 Å². The van der Waals surface area contributed by atoms with Gasteiger partial charge in [-0.15, -0.1) is 0 Å². The lowest BCUT2D eigenvalue weighted by Gasteiger charge is -2.29. The third kappa shape index (κ3) is 5.11. The van der Waals surface area contributed by atoms with Gasteiger partial charge in [0.2, 0.25) is 0 Å². The molecule has 4 rings (SSSR count). The molecular formula is C21H24ClNO8P+. The normalized spacial score (nSPS) is 32.7. The Hall–Kier alpha value is -1.68. The summed E-state index contributed by atoms with van der Waals surface area (Å²) in [5.74, 6) is -0.147. The number of phosphoric ester groups is 1. The average Bonchev–Trinajstić information content (AvgIpc) is 3.06. The van der Waals surface area contributed by atoms with Crippen molar-refractivity contribution in [1.29, 1.82) is 0 Å². The van der Waals surface area contributed by atoms with Crippen LogP contribution in [0.3, 0.4) is 0 Å². The summed E-state index contributed by atoms with van der Waals surface area (Å²) in [5, 5.41) is 21.4. The molecule has 0 amide bonds. The van der Waals surface area contributed by atoms with Gasteiger partial charge in [0.15, 0.2) is 24.3 Å². The molecule has 2 aliphatic heterocycles. The van der Waals surface area contributed by atoms with E-state index in [1.54, 1.807) is 36.5 Å². The minimum atomic E-state index is -3.93. The second-order valence-electron chi connectivity index (χ2n) is 7.66. The summed E-state index contributed by atoms with van der Waals surface area (Å²) in [4.78, 5) is 11.6. The monoisotopic (exact) mass is 484 g/mol. The molecule has 9 nitrogen and oxygen atoms in total. The van der Waals surface area contributed by atoms with Gasteiger partial charge in [-0.3, -0.25) is 18.4 Å². The van der Waals surface area contributed by atoms with Gasteiger partial charge in [0.05, 0.1) is 24.9 Å². The first-order chi connectivity index (χ1) is 15.3. The Morgan fingerprint density at radius 2 is 2.09 bits per heavy atom. The Morgan fingerprint density at radius 1 is 1.28 bits per heavy atom. The summed E-state index contributed by atoms with van der Waals surface area (Å²) in [6, 6.07) is 10.3. The molecule has 1 aromatic heterocycles. The quantitative estimate of drug-likeness (QED) is 0.365. The largest absolute Gasteiger partial charge is 0.475 e. The summed E-state index contributed by atoms with van der Waals surface area (Å²) in [7, 11) is -3.93. The first kappa shape index (κ1) is 23.5. The number of rotatable bonds is 6. The number of carbonyl (C=O) groups excluding carboxylic acids is 1. The highest BCUT2D eigenvalue weighted by molar-refractivity contribution is 7.48. The van der Waals surface area contributed by atoms with E-state index in [2.05, 4.69) is 0 Å². The van der Waals surface area contributed by atoms with Crippen LogP contribution in [0, 0.1) is 0 Å². The van der Waals surface area contributed by atoms with Crippen molar-refractivity contribution in [2.75, 3.05) is 13.2 Å². The van der Waals surface area contributed by atoms with Crippen molar-refractivity contribution in [3.63, 3.8) is 0 Å². The molecule has 0 bridgehead atoms. The number of pyridine rings is 1. The van der Waals surface area contributed by atoms with Gasteiger partial charge >= 0.3 is 7.82 Å². The smallest absolute Gasteiger partial charge is 0.387 e. The number of ketones is 1. The highest BCUT2D eigenvalue weighted by atomic mass is 35.5. The van der Waals surface area contributed by atoms with Crippen molar-refractivity contribution >= 4 is 25.2 Å². The molecule has 2 fully saturated rings. The van der Waals surface area contributed by atoms with Crippen LogP contribution >= 0.6 is 19.4 Å². The zero-order chi connectivity index (χ0) is 22.9. The maximum Gasteiger partial charge on any atom is 0.475 e. The topological polar surface area (TPSA) is 115 Å². The number of nitrogens with zero attached hydrogens (tertiary/aromatic N) is 1. The second-order valence-corrected chi connectivity index (χ2v) is 9.71. The fraction of sp³-hybridized carbons (Fsp3) is 0.429. The first-order valence-electron chi connectivity index (χ1n) is 10.1. The summed E-state index contributed by atoms with van der Waals surface area (Å²) in [6.45, 7) is 1.25. The molecule has 0 spiro atoms.